The molecule has 12 rings (SSSR count). The average Bonchev–Trinajstić information content (AvgIpc) is 1.35. The summed E-state index contributed by atoms with van der Waals surface area (Å²) in [7, 11) is -9.78. The van der Waals surface area contributed by atoms with Crippen LogP contribution >= 0.6 is 34.8 Å². The number of hydrogen-bond acceptors (Lipinski definition) is 18. The summed E-state index contributed by atoms with van der Waals surface area (Å²) in [6, 6.07) is 18.6. The topological polar surface area (TPSA) is 333 Å². The summed E-state index contributed by atoms with van der Waals surface area (Å²) >= 11 is 18.0. The molecule has 3 heterocycles. The summed E-state index contributed by atoms with van der Waals surface area (Å²) in [6.07, 6.45) is 14.8. The highest BCUT2D eigenvalue weighted by Gasteiger charge is 2.54. The van der Waals surface area contributed by atoms with Gasteiger partial charge in [0.05, 0.1) is 69.4 Å². The molecule has 3 atom stereocenters. The quantitative estimate of drug-likeness (QED) is 0.0261. The predicted molar refractivity (Wildman–Crippen MR) is 424 cm³/mol. The molecular weight excluding hydrogens is 1630 g/mol. The van der Waals surface area contributed by atoms with E-state index in [2.05, 4.69) is 0 Å². The highest BCUT2D eigenvalue weighted by molar-refractivity contribution is 7.90. The van der Waals surface area contributed by atoms with Crippen molar-refractivity contribution in [2.45, 2.75) is 210 Å². The molecule has 6 aromatic rings. The number of hydrogen-bond donors (Lipinski definition) is 6. The first-order chi connectivity index (χ1) is 54.0. The van der Waals surface area contributed by atoms with Crippen molar-refractivity contribution in [3.05, 3.63) is 159 Å². The zero-order valence-electron chi connectivity index (χ0n) is 63.1. The molecule has 6 aliphatic rings. The summed E-state index contributed by atoms with van der Waals surface area (Å²) in [4.78, 5) is 43.1. The Hall–Kier alpha value is -7.41. The van der Waals surface area contributed by atoms with Crippen molar-refractivity contribution in [2.24, 2.45) is 17.2 Å². The molecule has 0 spiro atoms. The molecule has 0 aromatic heterocycles. The fourth-order valence-electron chi connectivity index (χ4n) is 14.2. The number of benzene rings is 6. The molecule has 1 unspecified atom stereocenters. The number of methoxy groups -OCH3 is 3. The van der Waals surface area contributed by atoms with Gasteiger partial charge in [-0.15, -0.1) is 0 Å². The van der Waals surface area contributed by atoms with E-state index >= 15 is 26.3 Å². The van der Waals surface area contributed by atoms with Gasteiger partial charge in [-0.25, -0.2) is 25.3 Å². The third kappa shape index (κ3) is 23.3. The van der Waals surface area contributed by atoms with Crippen LogP contribution in [-0.4, -0.2) is 173 Å². The molecular formula is C79H100Cl3F6N9O15S3. The SMILES string of the molecule is C.COc1cc(C(F)(F)C(NS(=O)(=O)c2ccc(OC3CCCC3)cc2)C(=O)N2CCC(N)CC2)ccc1Cl.COc1cc(C(F)(F)[C@@H](NS(=O)(=O)c2ccc(OC3CCCC3)cc2)C(=O)N2CCC(N)CC2)ccc1Cl.COc1cc(C(F)(F)[C@H](NS(=O)(=O)c2ccc(OC3CCCC3)cc2)C(=O)N2CCC(N)CC2)ccc1Cl. The maximum atomic E-state index is 16.0. The number of piperidine rings is 3. The predicted octanol–water partition coefficient (Wildman–Crippen LogP) is 12.8. The van der Waals surface area contributed by atoms with Crippen molar-refractivity contribution in [3.63, 3.8) is 0 Å². The molecule has 3 amide bonds. The second kappa shape index (κ2) is 39.9. The zero-order chi connectivity index (χ0) is 82.5. The number of nitrogens with two attached hydrogens (primary N) is 3. The first-order valence-corrected chi connectivity index (χ1v) is 43.3. The van der Waals surface area contributed by atoms with Crippen molar-refractivity contribution in [2.75, 3.05) is 60.6 Å². The van der Waals surface area contributed by atoms with Gasteiger partial charge in [-0.3, -0.25) is 14.4 Å². The highest BCUT2D eigenvalue weighted by Crippen LogP contribution is 2.43. The fraction of sp³-hybridized carbons (Fsp3) is 0.506. The smallest absolute Gasteiger partial charge is 0.298 e. The van der Waals surface area contributed by atoms with Crippen LogP contribution in [0.1, 0.15) is 140 Å². The monoisotopic (exact) mass is 1730 g/mol. The Morgan fingerprint density at radius 2 is 0.583 bits per heavy atom. The Morgan fingerprint density at radius 3 is 0.783 bits per heavy atom. The number of ether oxygens (including phenoxy) is 6. The number of likely N-dealkylation sites (tertiary alicyclic amines) is 3. The number of halogens is 9. The molecule has 0 radical (unpaired) electrons. The number of sulfonamides is 3. The molecule has 0 bridgehead atoms. The Kier molecular flexibility index (Phi) is 31.7. The van der Waals surface area contributed by atoms with Crippen molar-refractivity contribution >= 4 is 82.6 Å². The molecule has 36 heteroatoms. The Labute approximate surface area is 683 Å². The third-order valence-electron chi connectivity index (χ3n) is 21.0. The second-order valence-electron chi connectivity index (χ2n) is 29.1. The second-order valence-corrected chi connectivity index (χ2v) is 35.4. The minimum absolute atomic E-state index is 0. The lowest BCUT2D eigenvalue weighted by Crippen LogP contribution is -2.58. The van der Waals surface area contributed by atoms with Crippen LogP contribution in [0.25, 0.3) is 0 Å². The lowest BCUT2D eigenvalue weighted by atomic mass is 9.98. The van der Waals surface area contributed by atoms with E-state index in [1.54, 1.807) is 0 Å². The molecule has 9 N–H and O–H groups in total. The van der Waals surface area contributed by atoms with E-state index in [-0.39, 0.29) is 130 Å². The number of carbonyl (C=O) groups is 3. The van der Waals surface area contributed by atoms with Crippen LogP contribution in [0.15, 0.2) is 142 Å². The van der Waals surface area contributed by atoms with Crippen LogP contribution in [0.5, 0.6) is 34.5 Å². The summed E-state index contributed by atoms with van der Waals surface area (Å²) in [5.41, 5.74) is 15.9. The number of carbonyl (C=O) groups excluding carboxylic acids is 3. The normalized spacial score (nSPS) is 18.2. The van der Waals surface area contributed by atoms with Gasteiger partial charge in [0, 0.05) is 74.1 Å². The number of nitrogens with zero attached hydrogens (tertiary/aromatic N) is 3. The van der Waals surface area contributed by atoms with E-state index in [9.17, 15) is 39.6 Å². The highest BCUT2D eigenvalue weighted by atomic mass is 35.5. The van der Waals surface area contributed by atoms with Crippen LogP contribution in [0, 0.1) is 0 Å². The van der Waals surface area contributed by atoms with E-state index in [4.69, 9.17) is 80.4 Å². The molecule has 3 saturated carbocycles. The van der Waals surface area contributed by atoms with Crippen molar-refractivity contribution in [3.8, 4) is 34.5 Å². The maximum Gasteiger partial charge on any atom is 0.298 e. The molecule has 632 valence electrons. The number of nitrogens with one attached hydrogen (secondary N) is 3. The molecule has 3 saturated heterocycles. The summed E-state index contributed by atoms with van der Waals surface area (Å²) in [5.74, 6) is -13.5. The van der Waals surface area contributed by atoms with Gasteiger partial charge in [-0.2, -0.15) is 40.5 Å². The van der Waals surface area contributed by atoms with E-state index in [0.717, 1.165) is 113 Å². The van der Waals surface area contributed by atoms with Gasteiger partial charge < -0.3 is 60.3 Å². The van der Waals surface area contributed by atoms with Gasteiger partial charge in [0.1, 0.15) is 34.5 Å². The molecule has 3 aliphatic heterocycles. The van der Waals surface area contributed by atoms with Gasteiger partial charge in [0.15, 0.2) is 18.1 Å². The first-order valence-electron chi connectivity index (χ1n) is 37.7. The summed E-state index contributed by atoms with van der Waals surface area (Å²) in [5, 5.41) is 0.293. The minimum Gasteiger partial charge on any atom is -0.495 e. The van der Waals surface area contributed by atoms with E-state index in [1.807, 2.05) is 14.2 Å². The average molecular weight is 1730 g/mol. The number of alkyl halides is 6. The van der Waals surface area contributed by atoms with E-state index in [0.29, 0.717) is 55.8 Å². The van der Waals surface area contributed by atoms with Crippen LogP contribution in [0.4, 0.5) is 26.3 Å². The molecule has 115 heavy (non-hydrogen) atoms. The van der Waals surface area contributed by atoms with Gasteiger partial charge in [-0.1, -0.05) is 60.4 Å². The molecule has 6 aromatic carbocycles. The molecule has 6 fully saturated rings. The van der Waals surface area contributed by atoms with Crippen molar-refractivity contribution in [1.29, 1.82) is 0 Å². The van der Waals surface area contributed by atoms with Crippen LogP contribution < -0.4 is 59.8 Å². The Morgan fingerprint density at radius 1 is 0.374 bits per heavy atom. The summed E-state index contributed by atoms with van der Waals surface area (Å²) in [6.45, 7) is 0.866. The number of amides is 3. The minimum atomic E-state index is -4.53. The van der Waals surface area contributed by atoms with Gasteiger partial charge in [0.2, 0.25) is 47.8 Å². The molecule has 3 aliphatic carbocycles. The van der Waals surface area contributed by atoms with E-state index in [1.165, 1.54) is 127 Å². The first kappa shape index (κ1) is 91.5. The Bertz CT molecular complexity index is 4160. The lowest BCUT2D eigenvalue weighted by molar-refractivity contribution is -0.146. The van der Waals surface area contributed by atoms with Crippen LogP contribution in [-0.2, 0) is 62.2 Å². The van der Waals surface area contributed by atoms with Gasteiger partial charge in [-0.05, 0) is 225 Å². The summed E-state index contributed by atoms with van der Waals surface area (Å²) < 4.78 is 214. The van der Waals surface area contributed by atoms with Crippen LogP contribution in [0.2, 0.25) is 15.1 Å². The van der Waals surface area contributed by atoms with E-state index < -0.39 is 100 Å². The largest absolute Gasteiger partial charge is 0.495 e. The van der Waals surface area contributed by atoms with Gasteiger partial charge >= 0.3 is 0 Å². The Balaban J connectivity index is 0.000000196. The third-order valence-corrected chi connectivity index (χ3v) is 26.3. The maximum absolute atomic E-state index is 16.0. The van der Waals surface area contributed by atoms with Crippen molar-refractivity contribution in [1.82, 2.24) is 28.9 Å². The lowest BCUT2D eigenvalue weighted by Gasteiger charge is -2.35. The molecule has 24 nitrogen and oxygen atoms in total. The van der Waals surface area contributed by atoms with Gasteiger partial charge in [0.25, 0.3) is 17.8 Å². The van der Waals surface area contributed by atoms with Crippen molar-refractivity contribution < 1.29 is 94.4 Å². The zero-order valence-corrected chi connectivity index (χ0v) is 67.8. The van der Waals surface area contributed by atoms with Crippen LogP contribution in [0.3, 0.4) is 0 Å². The fourth-order valence-corrected chi connectivity index (χ4v) is 18.4. The standard InChI is InChI=1S/3C26H32ClF2N3O5S.CH4/c3*1-36-23-16-17(6-11-22(23)27)26(28,29)24(25(33)32-14-12-18(30)13-15-32)31-38(34,35)21-9-7-20(8-10-21)37-19-4-2-3-5-19;/h3*6-11,16,18-19,24,31H,2-5,12-15,30H2,1H3;1H4/t2*24-;;/m10../s1. The number of rotatable bonds is 27.